The van der Waals surface area contributed by atoms with Crippen molar-refractivity contribution in [3.63, 3.8) is 0 Å². The van der Waals surface area contributed by atoms with Crippen LogP contribution in [0, 0.1) is 6.07 Å². The van der Waals surface area contributed by atoms with Gasteiger partial charge < -0.3 is 5.11 Å². The molecule has 0 saturated carbocycles. The van der Waals surface area contributed by atoms with Crippen molar-refractivity contribution in [2.75, 3.05) is 0 Å². The van der Waals surface area contributed by atoms with Crippen LogP contribution in [0.3, 0.4) is 0 Å². The molecule has 0 unspecified atom stereocenters. The number of nitrogens with zero attached hydrogens (tertiary/aromatic N) is 1. The smallest absolute Gasteiger partial charge is 0.155 e. The summed E-state index contributed by atoms with van der Waals surface area (Å²) in [6.45, 7) is 2.85. The number of thiophene rings is 1. The SMILES string of the molecule is CC(=O)/C=C(/C)O.[Ir].[c-]1c(-c2nc3ccccc3s2)sc2ccccc12. The molecule has 2 aromatic carbocycles. The minimum Gasteiger partial charge on any atom is -0.512 e. The van der Waals surface area contributed by atoms with E-state index < -0.39 is 0 Å². The predicted octanol–water partition coefficient (Wildman–Crippen LogP) is 6.01. The Morgan fingerprint density at radius 3 is 2.27 bits per heavy atom. The summed E-state index contributed by atoms with van der Waals surface area (Å²) in [5.74, 6) is -0.0625. The number of carbonyl (C=O) groups is 1. The van der Waals surface area contributed by atoms with Gasteiger partial charge in [-0.1, -0.05) is 24.3 Å². The molecule has 3 nitrogen and oxygen atoms in total. The maximum Gasteiger partial charge on any atom is 0.155 e. The number of hydrogen-bond donors (Lipinski definition) is 1. The first kappa shape index (κ1) is 20.5. The Hall–Kier alpha value is -1.85. The number of hydrogen-bond acceptors (Lipinski definition) is 5. The number of thiazole rings is 1. The second kappa shape index (κ2) is 9.19. The second-order valence-electron chi connectivity index (χ2n) is 5.44. The zero-order chi connectivity index (χ0) is 17.8. The first-order chi connectivity index (χ1) is 12.0. The third kappa shape index (κ3) is 5.08. The molecular weight excluding hydrogens is 543 g/mol. The van der Waals surface area contributed by atoms with Gasteiger partial charge in [-0.2, -0.15) is 11.3 Å². The number of allylic oxidation sites excluding steroid dienone is 2. The van der Waals surface area contributed by atoms with Gasteiger partial charge in [0.2, 0.25) is 0 Å². The fraction of sp³-hybridized carbons (Fsp3) is 0.100. The van der Waals surface area contributed by atoms with E-state index in [4.69, 9.17) is 5.11 Å². The van der Waals surface area contributed by atoms with E-state index in [2.05, 4.69) is 47.4 Å². The van der Waals surface area contributed by atoms with Gasteiger partial charge >= 0.3 is 0 Å². The molecule has 4 rings (SSSR count). The van der Waals surface area contributed by atoms with Crippen molar-refractivity contribution >= 4 is 48.8 Å². The summed E-state index contributed by atoms with van der Waals surface area (Å²) in [7, 11) is 0. The molecule has 0 atom stereocenters. The van der Waals surface area contributed by atoms with E-state index in [9.17, 15) is 4.79 Å². The number of carbonyl (C=O) groups excluding carboxylic acids is 1. The van der Waals surface area contributed by atoms with Crippen molar-refractivity contribution in [2.24, 2.45) is 0 Å². The van der Waals surface area contributed by atoms with Gasteiger partial charge in [0.05, 0.1) is 16.3 Å². The van der Waals surface area contributed by atoms with Crippen molar-refractivity contribution in [1.82, 2.24) is 4.98 Å². The van der Waals surface area contributed by atoms with Crippen LogP contribution in [0.2, 0.25) is 0 Å². The number of aliphatic hydroxyl groups is 1. The summed E-state index contributed by atoms with van der Waals surface area (Å²) in [5, 5.41) is 10.6. The number of rotatable bonds is 2. The minimum absolute atomic E-state index is 0. The predicted molar refractivity (Wildman–Crippen MR) is 106 cm³/mol. The zero-order valence-corrected chi connectivity index (χ0v) is 18.2. The van der Waals surface area contributed by atoms with E-state index in [1.165, 1.54) is 34.7 Å². The monoisotopic (exact) mass is 559 g/mol. The van der Waals surface area contributed by atoms with Crippen LogP contribution in [0.15, 0.2) is 60.4 Å². The number of benzene rings is 2. The molecule has 0 spiro atoms. The molecule has 1 radical (unpaired) electrons. The van der Waals surface area contributed by atoms with E-state index in [1.807, 2.05) is 12.1 Å². The van der Waals surface area contributed by atoms with Gasteiger partial charge in [0.1, 0.15) is 0 Å². The van der Waals surface area contributed by atoms with Gasteiger partial charge in [-0.3, -0.25) is 9.78 Å². The standard InChI is InChI=1S/C15H8NS2.C5H8O2.Ir/c1-3-7-12-10(5-1)9-14(17-12)15-16-11-6-2-4-8-13(11)18-15;1-4(6)3-5(2)7;/h1-8H;3,6H,1-2H3;/q-1;;/b;4-3-;. The Morgan fingerprint density at radius 1 is 1.04 bits per heavy atom. The Labute approximate surface area is 173 Å². The molecule has 0 amide bonds. The molecule has 6 heteroatoms. The fourth-order valence-electron chi connectivity index (χ4n) is 2.28. The molecule has 4 aromatic rings. The Kier molecular flexibility index (Phi) is 7.23. The Bertz CT molecular complexity index is 924. The molecule has 0 fully saturated rings. The van der Waals surface area contributed by atoms with Gasteiger partial charge in [0.25, 0.3) is 0 Å². The van der Waals surface area contributed by atoms with Gasteiger partial charge in [-0.25, -0.2) is 11.3 Å². The summed E-state index contributed by atoms with van der Waals surface area (Å²) < 4.78 is 2.50. The van der Waals surface area contributed by atoms with E-state index in [1.54, 1.807) is 22.7 Å². The number of ketones is 1. The molecule has 2 heterocycles. The van der Waals surface area contributed by atoms with Crippen molar-refractivity contribution in [3.8, 4) is 9.88 Å². The van der Waals surface area contributed by atoms with Crippen LogP contribution in [-0.4, -0.2) is 15.9 Å². The molecule has 1 N–H and O–H groups in total. The van der Waals surface area contributed by atoms with Crippen LogP contribution in [0.5, 0.6) is 0 Å². The first-order valence-electron chi connectivity index (χ1n) is 7.67. The summed E-state index contributed by atoms with van der Waals surface area (Å²) in [6, 6.07) is 20.0. The normalized spacial score (nSPS) is 10.9. The summed E-state index contributed by atoms with van der Waals surface area (Å²) in [4.78, 5) is 15.8. The van der Waals surface area contributed by atoms with E-state index in [0.717, 1.165) is 15.4 Å². The summed E-state index contributed by atoms with van der Waals surface area (Å²) >= 11 is 3.49. The average Bonchev–Trinajstić information content (AvgIpc) is 3.17. The fourth-order valence-corrected chi connectivity index (χ4v) is 4.28. The van der Waals surface area contributed by atoms with Crippen molar-refractivity contribution in [2.45, 2.75) is 13.8 Å². The molecule has 0 saturated heterocycles. The number of aromatic nitrogens is 1. The van der Waals surface area contributed by atoms with E-state index in [0.29, 0.717) is 0 Å². The molecular formula is C20H16IrNO2S2-. The number of para-hydroxylation sites is 1. The molecule has 26 heavy (non-hydrogen) atoms. The molecule has 2 aromatic heterocycles. The van der Waals surface area contributed by atoms with Crippen LogP contribution in [0.4, 0.5) is 0 Å². The maximum atomic E-state index is 10.0. The van der Waals surface area contributed by atoms with E-state index in [-0.39, 0.29) is 31.6 Å². The molecule has 0 bridgehead atoms. The largest absolute Gasteiger partial charge is 0.512 e. The van der Waals surface area contributed by atoms with Gasteiger partial charge in [0.15, 0.2) is 5.78 Å². The Morgan fingerprint density at radius 2 is 1.69 bits per heavy atom. The zero-order valence-electron chi connectivity index (χ0n) is 14.1. The van der Waals surface area contributed by atoms with E-state index >= 15 is 0 Å². The summed E-state index contributed by atoms with van der Waals surface area (Å²) in [6.07, 6.45) is 1.17. The first-order valence-corrected chi connectivity index (χ1v) is 9.31. The minimum atomic E-state index is -0.125. The van der Waals surface area contributed by atoms with Gasteiger partial charge in [0, 0.05) is 30.9 Å². The second-order valence-corrected chi connectivity index (χ2v) is 7.52. The van der Waals surface area contributed by atoms with Crippen LogP contribution >= 0.6 is 22.7 Å². The molecule has 0 aliphatic heterocycles. The quantitative estimate of drug-likeness (QED) is 0.186. The summed E-state index contributed by atoms with van der Waals surface area (Å²) in [5.41, 5.74) is 1.07. The topological polar surface area (TPSA) is 50.2 Å². The maximum absolute atomic E-state index is 10.0. The van der Waals surface area contributed by atoms with Gasteiger partial charge in [-0.15, -0.1) is 23.6 Å². The Balaban J connectivity index is 0.000000265. The van der Waals surface area contributed by atoms with Crippen LogP contribution in [-0.2, 0) is 24.9 Å². The van der Waals surface area contributed by atoms with Crippen LogP contribution in [0.1, 0.15) is 13.8 Å². The van der Waals surface area contributed by atoms with Gasteiger partial charge in [-0.05, 0) is 35.6 Å². The third-order valence-corrected chi connectivity index (χ3v) is 5.51. The van der Waals surface area contributed by atoms with Crippen LogP contribution in [0.25, 0.3) is 30.2 Å². The number of aliphatic hydroxyl groups excluding tert-OH is 1. The third-order valence-electron chi connectivity index (χ3n) is 3.25. The van der Waals surface area contributed by atoms with Crippen molar-refractivity contribution < 1.29 is 30.0 Å². The number of fused-ring (bicyclic) bond motifs is 2. The van der Waals surface area contributed by atoms with Crippen LogP contribution < -0.4 is 0 Å². The molecule has 0 aliphatic carbocycles. The van der Waals surface area contributed by atoms with Crippen molar-refractivity contribution in [3.05, 3.63) is 66.4 Å². The van der Waals surface area contributed by atoms with Crippen molar-refractivity contribution in [1.29, 1.82) is 0 Å². The molecule has 135 valence electrons. The average molecular weight is 559 g/mol. The molecule has 0 aliphatic rings.